The van der Waals surface area contributed by atoms with Crippen molar-refractivity contribution in [2.24, 2.45) is 13.0 Å². The van der Waals surface area contributed by atoms with E-state index in [1.54, 1.807) is 11.3 Å². The summed E-state index contributed by atoms with van der Waals surface area (Å²) < 4.78 is 3.06. The van der Waals surface area contributed by atoms with Crippen molar-refractivity contribution in [3.05, 3.63) is 5.69 Å². The van der Waals surface area contributed by atoms with Gasteiger partial charge >= 0.3 is 0 Å². The molecule has 1 unspecified atom stereocenters. The topological polar surface area (TPSA) is 54.3 Å². The predicted molar refractivity (Wildman–Crippen MR) is 91.9 cm³/mol. The third kappa shape index (κ3) is 2.71. The molecule has 6 nitrogen and oxygen atoms in total. The number of nitrogens with zero attached hydrogens (tertiary/aromatic N) is 5. The number of amides is 1. The zero-order valence-corrected chi connectivity index (χ0v) is 14.6. The highest BCUT2D eigenvalue weighted by Gasteiger charge is 2.28. The Balaban J connectivity index is 1.49. The number of rotatable bonds is 3. The van der Waals surface area contributed by atoms with E-state index >= 15 is 0 Å². The molecular weight excluding hydrogens is 310 g/mol. The Morgan fingerprint density at radius 2 is 2.17 bits per heavy atom. The molecule has 2 aromatic heterocycles. The Hall–Kier alpha value is -1.63. The molecule has 2 aliphatic heterocycles. The number of hydrogen-bond acceptors (Lipinski definition) is 5. The quantitative estimate of drug-likeness (QED) is 0.864. The van der Waals surface area contributed by atoms with Gasteiger partial charge in [0.05, 0.1) is 10.4 Å². The van der Waals surface area contributed by atoms with E-state index in [1.807, 2.05) is 18.7 Å². The second kappa shape index (κ2) is 5.78. The van der Waals surface area contributed by atoms with Crippen LogP contribution in [0, 0.1) is 12.8 Å². The van der Waals surface area contributed by atoms with Gasteiger partial charge in [-0.15, -0.1) is 0 Å². The maximum Gasteiger partial charge on any atom is 0.222 e. The highest BCUT2D eigenvalue weighted by molar-refractivity contribution is 7.22. The first-order chi connectivity index (χ1) is 11.1. The fraction of sp³-hybridized carbons (Fsp3) is 0.688. The second-order valence-electron chi connectivity index (χ2n) is 6.76. The van der Waals surface area contributed by atoms with Crippen LogP contribution in [-0.2, 0) is 11.8 Å². The third-order valence-corrected chi connectivity index (χ3v) is 6.19. The lowest BCUT2D eigenvalue weighted by molar-refractivity contribution is -0.128. The molecule has 7 heteroatoms. The summed E-state index contributed by atoms with van der Waals surface area (Å²) in [5.41, 5.74) is 2.04. The van der Waals surface area contributed by atoms with Crippen LogP contribution in [0.2, 0.25) is 0 Å². The van der Waals surface area contributed by atoms with E-state index < -0.39 is 0 Å². The first kappa shape index (κ1) is 14.9. The number of carbonyl (C=O) groups is 1. The van der Waals surface area contributed by atoms with E-state index in [2.05, 4.69) is 14.9 Å². The van der Waals surface area contributed by atoms with Crippen molar-refractivity contribution in [1.82, 2.24) is 19.7 Å². The van der Waals surface area contributed by atoms with Crippen molar-refractivity contribution < 1.29 is 4.79 Å². The summed E-state index contributed by atoms with van der Waals surface area (Å²) in [7, 11) is 1.96. The molecule has 0 aromatic carbocycles. The van der Waals surface area contributed by atoms with Crippen LogP contribution in [0.5, 0.6) is 0 Å². The van der Waals surface area contributed by atoms with Gasteiger partial charge in [-0.2, -0.15) is 5.10 Å². The molecule has 124 valence electrons. The Labute approximate surface area is 140 Å². The highest BCUT2D eigenvalue weighted by atomic mass is 32.1. The Kier molecular flexibility index (Phi) is 3.75. The highest BCUT2D eigenvalue weighted by Crippen LogP contribution is 2.33. The van der Waals surface area contributed by atoms with E-state index in [0.717, 1.165) is 55.5 Å². The minimum Gasteiger partial charge on any atom is -0.348 e. The zero-order chi connectivity index (χ0) is 16.0. The number of aromatic nitrogens is 3. The largest absolute Gasteiger partial charge is 0.348 e. The molecule has 1 atom stereocenters. The van der Waals surface area contributed by atoms with Crippen molar-refractivity contribution in [3.63, 3.8) is 0 Å². The maximum atomic E-state index is 11.8. The smallest absolute Gasteiger partial charge is 0.222 e. The lowest BCUT2D eigenvalue weighted by Crippen LogP contribution is -2.41. The number of likely N-dealkylation sites (tertiary alicyclic amines) is 1. The van der Waals surface area contributed by atoms with Gasteiger partial charge in [0.25, 0.3) is 0 Å². The predicted octanol–water partition coefficient (Wildman–Crippen LogP) is 2.18. The van der Waals surface area contributed by atoms with E-state index in [1.165, 1.54) is 17.5 Å². The number of fused-ring (bicyclic) bond motifs is 1. The SMILES string of the molecule is Cc1nn(C)c2nc(N3CCCC(CN4CCCC4=O)C3)sc12. The summed E-state index contributed by atoms with van der Waals surface area (Å²) in [5, 5.41) is 5.54. The van der Waals surface area contributed by atoms with Crippen molar-refractivity contribution in [2.45, 2.75) is 32.6 Å². The number of aryl methyl sites for hydroxylation is 2. The summed E-state index contributed by atoms with van der Waals surface area (Å²) in [5.74, 6) is 0.904. The van der Waals surface area contributed by atoms with Crippen LogP contribution in [0.3, 0.4) is 0 Å². The van der Waals surface area contributed by atoms with Gasteiger partial charge in [-0.1, -0.05) is 11.3 Å². The van der Waals surface area contributed by atoms with Crippen molar-refractivity contribution in [1.29, 1.82) is 0 Å². The maximum absolute atomic E-state index is 11.8. The molecule has 23 heavy (non-hydrogen) atoms. The van der Waals surface area contributed by atoms with Gasteiger partial charge in [-0.25, -0.2) is 9.67 Å². The van der Waals surface area contributed by atoms with Crippen molar-refractivity contribution >= 4 is 32.7 Å². The number of hydrogen-bond donors (Lipinski definition) is 0. The van der Waals surface area contributed by atoms with E-state index in [4.69, 9.17) is 4.98 Å². The van der Waals surface area contributed by atoms with Gasteiger partial charge in [0, 0.05) is 39.6 Å². The lowest BCUT2D eigenvalue weighted by atomic mass is 9.98. The number of thiazole rings is 1. The number of carbonyl (C=O) groups excluding carboxylic acids is 1. The van der Waals surface area contributed by atoms with Crippen LogP contribution in [0.1, 0.15) is 31.4 Å². The van der Waals surface area contributed by atoms with Gasteiger partial charge in [0.2, 0.25) is 5.91 Å². The fourth-order valence-electron chi connectivity index (χ4n) is 3.81. The lowest BCUT2D eigenvalue weighted by Gasteiger charge is -2.34. The molecule has 2 aliphatic rings. The average Bonchev–Trinajstić information content (AvgIpc) is 3.20. The summed E-state index contributed by atoms with van der Waals surface area (Å²) in [6.07, 6.45) is 4.16. The Bertz CT molecular complexity index is 702. The summed E-state index contributed by atoms with van der Waals surface area (Å²) in [4.78, 5) is 21.1. The first-order valence-corrected chi connectivity index (χ1v) is 9.26. The summed E-state index contributed by atoms with van der Waals surface area (Å²) in [6.45, 7) is 5.98. The molecule has 2 saturated heterocycles. The molecule has 0 saturated carbocycles. The number of piperidine rings is 1. The molecule has 1 amide bonds. The second-order valence-corrected chi connectivity index (χ2v) is 7.73. The number of anilines is 1. The Morgan fingerprint density at radius 1 is 1.30 bits per heavy atom. The van der Waals surface area contributed by atoms with Crippen LogP contribution in [-0.4, -0.2) is 51.8 Å². The molecule has 4 heterocycles. The molecule has 2 fully saturated rings. The van der Waals surface area contributed by atoms with Crippen molar-refractivity contribution in [3.8, 4) is 0 Å². The van der Waals surface area contributed by atoms with Gasteiger partial charge < -0.3 is 9.80 Å². The van der Waals surface area contributed by atoms with Crippen LogP contribution >= 0.6 is 11.3 Å². The van der Waals surface area contributed by atoms with Crippen LogP contribution in [0.25, 0.3) is 10.3 Å². The molecule has 0 bridgehead atoms. The normalized spacial score (nSPS) is 22.5. The Morgan fingerprint density at radius 3 is 2.91 bits per heavy atom. The van der Waals surface area contributed by atoms with Gasteiger partial charge in [0.15, 0.2) is 10.8 Å². The summed E-state index contributed by atoms with van der Waals surface area (Å²) in [6, 6.07) is 0. The standard InChI is InChI=1S/C16H23N5OS/c1-11-14-15(19(2)18-11)17-16(23-14)21-8-3-5-12(10-21)9-20-7-4-6-13(20)22/h12H,3-10H2,1-2H3. The molecule has 0 N–H and O–H groups in total. The minimum atomic E-state index is 0.337. The average molecular weight is 333 g/mol. The molecular formula is C16H23N5OS. The van der Waals surface area contributed by atoms with Gasteiger partial charge in [0.1, 0.15) is 0 Å². The van der Waals surface area contributed by atoms with Gasteiger partial charge in [-0.3, -0.25) is 4.79 Å². The zero-order valence-electron chi connectivity index (χ0n) is 13.8. The molecule has 0 radical (unpaired) electrons. The minimum absolute atomic E-state index is 0.337. The molecule has 0 aliphatic carbocycles. The monoisotopic (exact) mass is 333 g/mol. The van der Waals surface area contributed by atoms with Crippen LogP contribution in [0.15, 0.2) is 0 Å². The van der Waals surface area contributed by atoms with Crippen molar-refractivity contribution in [2.75, 3.05) is 31.1 Å². The van der Waals surface area contributed by atoms with Crippen LogP contribution in [0.4, 0.5) is 5.13 Å². The molecule has 2 aromatic rings. The third-order valence-electron chi connectivity index (χ3n) is 4.97. The van der Waals surface area contributed by atoms with Gasteiger partial charge in [-0.05, 0) is 32.1 Å². The molecule has 4 rings (SSSR count). The summed E-state index contributed by atoms with van der Waals surface area (Å²) >= 11 is 1.75. The fourth-order valence-corrected chi connectivity index (χ4v) is 4.87. The van der Waals surface area contributed by atoms with Crippen LogP contribution < -0.4 is 4.90 Å². The van der Waals surface area contributed by atoms with E-state index in [0.29, 0.717) is 11.8 Å². The van der Waals surface area contributed by atoms with E-state index in [9.17, 15) is 4.79 Å². The van der Waals surface area contributed by atoms with E-state index in [-0.39, 0.29) is 0 Å². The molecule has 0 spiro atoms. The first-order valence-electron chi connectivity index (χ1n) is 8.44.